The van der Waals surface area contributed by atoms with Crippen molar-refractivity contribution in [2.24, 2.45) is 28.5 Å². The highest BCUT2D eigenvalue weighted by molar-refractivity contribution is 5.81. The third kappa shape index (κ3) is 2.14. The molecular weight excluding hydrogens is 246 g/mol. The summed E-state index contributed by atoms with van der Waals surface area (Å²) in [6.45, 7) is 8.15. The van der Waals surface area contributed by atoms with Gasteiger partial charge in [-0.15, -0.1) is 0 Å². The van der Waals surface area contributed by atoms with Gasteiger partial charge in [0.25, 0.3) is 0 Å². The van der Waals surface area contributed by atoms with Gasteiger partial charge in [-0.3, -0.25) is 4.99 Å². The van der Waals surface area contributed by atoms with Crippen LogP contribution in [0.3, 0.4) is 0 Å². The zero-order valence-electron chi connectivity index (χ0n) is 13.4. The fourth-order valence-electron chi connectivity index (χ4n) is 5.31. The molecule has 0 bridgehead atoms. The quantitative estimate of drug-likeness (QED) is 0.840. The molecule has 0 amide bonds. The molecule has 3 nitrogen and oxygen atoms in total. The van der Waals surface area contributed by atoms with E-state index in [1.165, 1.54) is 44.9 Å². The normalized spacial score (nSPS) is 39.0. The smallest absolute Gasteiger partial charge is 0.192 e. The van der Waals surface area contributed by atoms with Gasteiger partial charge in [-0.25, -0.2) is 0 Å². The van der Waals surface area contributed by atoms with Crippen molar-refractivity contribution in [3.63, 3.8) is 0 Å². The van der Waals surface area contributed by atoms with Gasteiger partial charge in [-0.05, 0) is 43.4 Å². The van der Waals surface area contributed by atoms with Gasteiger partial charge >= 0.3 is 0 Å². The molecule has 1 aliphatic heterocycles. The molecule has 1 spiro atoms. The van der Waals surface area contributed by atoms with E-state index in [1.54, 1.807) is 0 Å². The second-order valence-electron chi connectivity index (χ2n) is 7.82. The number of nitrogens with zero attached hydrogens (tertiary/aromatic N) is 2. The Balaban J connectivity index is 1.93. The van der Waals surface area contributed by atoms with Gasteiger partial charge in [0.1, 0.15) is 0 Å². The minimum absolute atomic E-state index is 0.241. The van der Waals surface area contributed by atoms with Crippen molar-refractivity contribution in [2.75, 3.05) is 6.54 Å². The Morgan fingerprint density at radius 1 is 1.20 bits per heavy atom. The minimum atomic E-state index is 0.241. The Bertz CT molecular complexity index is 384. The first-order valence-corrected chi connectivity index (χ1v) is 8.64. The molecule has 2 saturated carbocycles. The van der Waals surface area contributed by atoms with E-state index in [2.05, 4.69) is 25.7 Å². The number of hydrogen-bond donors (Lipinski definition) is 1. The van der Waals surface area contributed by atoms with E-state index in [0.717, 1.165) is 30.3 Å². The van der Waals surface area contributed by atoms with E-state index in [9.17, 15) is 0 Å². The first-order chi connectivity index (χ1) is 9.54. The second kappa shape index (κ2) is 5.23. The standard InChI is InChI=1S/C17H31N3/c1-12(2)15-9-8-13(3)10-17(15)11-19-16(18)20(17)14-6-4-5-7-14/h12-15H,4-11H2,1-3H3,(H2,18,19). The Morgan fingerprint density at radius 2 is 1.90 bits per heavy atom. The summed E-state index contributed by atoms with van der Waals surface area (Å²) in [6.07, 6.45) is 9.39. The number of rotatable bonds is 2. The van der Waals surface area contributed by atoms with Crippen LogP contribution in [0.5, 0.6) is 0 Å². The van der Waals surface area contributed by atoms with Crippen LogP contribution in [0.15, 0.2) is 4.99 Å². The van der Waals surface area contributed by atoms with E-state index in [-0.39, 0.29) is 5.54 Å². The van der Waals surface area contributed by atoms with Gasteiger partial charge in [0.15, 0.2) is 5.96 Å². The predicted molar refractivity (Wildman–Crippen MR) is 84.7 cm³/mol. The topological polar surface area (TPSA) is 41.6 Å². The van der Waals surface area contributed by atoms with E-state index in [1.807, 2.05) is 0 Å². The van der Waals surface area contributed by atoms with E-state index in [0.29, 0.717) is 6.04 Å². The lowest BCUT2D eigenvalue weighted by Gasteiger charge is -2.53. The number of hydrogen-bond acceptors (Lipinski definition) is 3. The molecule has 3 aliphatic rings. The Labute approximate surface area is 124 Å². The lowest BCUT2D eigenvalue weighted by atomic mass is 9.64. The number of guanidine groups is 1. The Hall–Kier alpha value is -0.730. The highest BCUT2D eigenvalue weighted by Gasteiger charge is 2.53. The van der Waals surface area contributed by atoms with Crippen molar-refractivity contribution < 1.29 is 0 Å². The molecular formula is C17H31N3. The summed E-state index contributed by atoms with van der Waals surface area (Å²) < 4.78 is 0. The molecule has 114 valence electrons. The van der Waals surface area contributed by atoms with Crippen LogP contribution >= 0.6 is 0 Å². The molecule has 20 heavy (non-hydrogen) atoms. The van der Waals surface area contributed by atoms with Crippen LogP contribution in [0.2, 0.25) is 0 Å². The molecule has 3 heteroatoms. The maximum absolute atomic E-state index is 6.35. The summed E-state index contributed by atoms with van der Waals surface area (Å²) in [5.74, 6) is 3.14. The van der Waals surface area contributed by atoms with Gasteiger partial charge in [0.05, 0.1) is 12.1 Å². The van der Waals surface area contributed by atoms with Crippen molar-refractivity contribution in [1.82, 2.24) is 4.90 Å². The van der Waals surface area contributed by atoms with Crippen LogP contribution in [-0.4, -0.2) is 29.0 Å². The minimum Gasteiger partial charge on any atom is -0.370 e. The summed E-state index contributed by atoms with van der Waals surface area (Å²) in [4.78, 5) is 7.32. The van der Waals surface area contributed by atoms with Gasteiger partial charge in [0.2, 0.25) is 0 Å². The largest absolute Gasteiger partial charge is 0.370 e. The number of nitrogens with two attached hydrogens (primary N) is 1. The highest BCUT2D eigenvalue weighted by Crippen LogP contribution is 2.48. The van der Waals surface area contributed by atoms with Crippen molar-refractivity contribution in [2.45, 2.75) is 77.3 Å². The van der Waals surface area contributed by atoms with E-state index >= 15 is 0 Å². The average molecular weight is 277 g/mol. The van der Waals surface area contributed by atoms with Crippen molar-refractivity contribution in [3.8, 4) is 0 Å². The molecule has 0 aromatic heterocycles. The molecule has 3 rings (SSSR count). The fourth-order valence-corrected chi connectivity index (χ4v) is 5.31. The first-order valence-electron chi connectivity index (χ1n) is 8.64. The summed E-state index contributed by atoms with van der Waals surface area (Å²) in [5.41, 5.74) is 6.59. The molecule has 3 atom stereocenters. The van der Waals surface area contributed by atoms with Crippen LogP contribution in [0.25, 0.3) is 0 Å². The first kappa shape index (κ1) is 14.2. The van der Waals surface area contributed by atoms with Crippen LogP contribution in [0.4, 0.5) is 0 Å². The Kier molecular flexibility index (Phi) is 3.72. The molecule has 2 N–H and O–H groups in total. The monoisotopic (exact) mass is 277 g/mol. The molecule has 3 unspecified atom stereocenters. The fraction of sp³-hybridized carbons (Fsp3) is 0.941. The predicted octanol–water partition coefficient (Wildman–Crippen LogP) is 3.39. The zero-order valence-corrected chi connectivity index (χ0v) is 13.4. The summed E-state index contributed by atoms with van der Waals surface area (Å²) in [6, 6.07) is 0.660. The van der Waals surface area contributed by atoms with Gasteiger partial charge in [-0.2, -0.15) is 0 Å². The van der Waals surface area contributed by atoms with Crippen LogP contribution in [-0.2, 0) is 0 Å². The molecule has 0 aromatic carbocycles. The van der Waals surface area contributed by atoms with Crippen LogP contribution in [0, 0.1) is 17.8 Å². The summed E-state index contributed by atoms with van der Waals surface area (Å²) in [5, 5.41) is 0. The third-order valence-corrected chi connectivity index (χ3v) is 6.10. The van der Waals surface area contributed by atoms with Crippen molar-refractivity contribution >= 4 is 5.96 Å². The maximum atomic E-state index is 6.35. The average Bonchev–Trinajstić information content (AvgIpc) is 2.98. The van der Waals surface area contributed by atoms with Gasteiger partial charge < -0.3 is 10.6 Å². The summed E-state index contributed by atoms with van der Waals surface area (Å²) in [7, 11) is 0. The third-order valence-electron chi connectivity index (χ3n) is 6.10. The second-order valence-corrected chi connectivity index (χ2v) is 7.82. The molecule has 0 aromatic rings. The molecule has 2 fully saturated rings. The molecule has 0 radical (unpaired) electrons. The van der Waals surface area contributed by atoms with Crippen molar-refractivity contribution in [1.29, 1.82) is 0 Å². The molecule has 0 saturated heterocycles. The molecule has 2 aliphatic carbocycles. The lowest BCUT2D eigenvalue weighted by Crippen LogP contribution is -2.62. The lowest BCUT2D eigenvalue weighted by molar-refractivity contribution is 0.00393. The van der Waals surface area contributed by atoms with E-state index < -0.39 is 0 Å². The maximum Gasteiger partial charge on any atom is 0.192 e. The van der Waals surface area contributed by atoms with E-state index in [4.69, 9.17) is 10.7 Å². The van der Waals surface area contributed by atoms with Crippen LogP contribution in [0.1, 0.15) is 65.7 Å². The van der Waals surface area contributed by atoms with Gasteiger partial charge in [0, 0.05) is 6.04 Å². The SMILES string of the molecule is CC1CCC(C(C)C)C2(CN=C(N)N2C2CCCC2)C1. The van der Waals surface area contributed by atoms with Gasteiger partial charge in [-0.1, -0.05) is 40.0 Å². The van der Waals surface area contributed by atoms with Crippen molar-refractivity contribution in [3.05, 3.63) is 0 Å². The highest BCUT2D eigenvalue weighted by atomic mass is 15.4. The zero-order chi connectivity index (χ0) is 14.3. The number of aliphatic imine (C=N–C) groups is 1. The molecule has 1 heterocycles. The Morgan fingerprint density at radius 3 is 2.55 bits per heavy atom. The van der Waals surface area contributed by atoms with Crippen LogP contribution < -0.4 is 5.73 Å². The summed E-state index contributed by atoms with van der Waals surface area (Å²) >= 11 is 0.